The number of carbonyl (C=O) groups is 2. The Hall–Kier alpha value is -2.44. The van der Waals surface area contributed by atoms with Gasteiger partial charge in [0.2, 0.25) is 10.0 Å². The topological polar surface area (TPSA) is 95.6 Å². The first-order valence-electron chi connectivity index (χ1n) is 7.30. The van der Waals surface area contributed by atoms with E-state index in [1.165, 1.54) is 22.8 Å². The van der Waals surface area contributed by atoms with Crippen molar-refractivity contribution in [2.45, 2.75) is 11.3 Å². The number of sulfonamides is 1. The van der Waals surface area contributed by atoms with Gasteiger partial charge < -0.3 is 0 Å². The molecule has 2 aromatic rings. The van der Waals surface area contributed by atoms with Gasteiger partial charge in [0.1, 0.15) is 5.82 Å². The molecule has 2 N–H and O–H groups in total. The van der Waals surface area contributed by atoms with Crippen LogP contribution in [0.2, 0.25) is 0 Å². The van der Waals surface area contributed by atoms with E-state index in [1.807, 2.05) is 5.43 Å². The highest BCUT2D eigenvalue weighted by molar-refractivity contribution is 7.89. The molecular formula is C15H14F3N3O4S2. The van der Waals surface area contributed by atoms with Gasteiger partial charge in [-0.3, -0.25) is 20.4 Å². The fourth-order valence-corrected chi connectivity index (χ4v) is 3.77. The molecule has 27 heavy (non-hydrogen) atoms. The molecule has 2 rings (SSSR count). The van der Waals surface area contributed by atoms with E-state index in [2.05, 4.69) is 5.43 Å². The maximum absolute atomic E-state index is 13.9. The Morgan fingerprint density at radius 1 is 1.19 bits per heavy atom. The standard InChI is InChI=1S/C15H14F3N3O4S2/c1-21(7-13(17)18)27(24,25)10-2-3-12(16)11(6-10)15(23)20-19-14(22)9-4-5-26-8-9/h2-6,8,13H,7H2,1H3,(H,19,22)(H,20,23). The van der Waals surface area contributed by atoms with Gasteiger partial charge in [-0.15, -0.1) is 0 Å². The van der Waals surface area contributed by atoms with Crippen molar-refractivity contribution >= 4 is 33.2 Å². The predicted octanol–water partition coefficient (Wildman–Crippen LogP) is 1.85. The summed E-state index contributed by atoms with van der Waals surface area (Å²) in [7, 11) is -3.42. The third-order valence-corrected chi connectivity index (χ3v) is 5.86. The molecule has 0 aliphatic heterocycles. The van der Waals surface area contributed by atoms with Crippen LogP contribution in [0.1, 0.15) is 20.7 Å². The molecule has 0 aliphatic rings. The number of benzene rings is 1. The van der Waals surface area contributed by atoms with Crippen LogP contribution in [-0.4, -0.2) is 44.6 Å². The maximum Gasteiger partial charge on any atom is 0.272 e. The Balaban J connectivity index is 2.19. The van der Waals surface area contributed by atoms with Crippen LogP contribution >= 0.6 is 11.3 Å². The number of hydrogen-bond donors (Lipinski definition) is 2. The van der Waals surface area contributed by atoms with Gasteiger partial charge in [-0.25, -0.2) is 21.6 Å². The normalized spacial score (nSPS) is 11.6. The second-order valence-electron chi connectivity index (χ2n) is 5.24. The summed E-state index contributed by atoms with van der Waals surface area (Å²) in [6.45, 7) is -1.06. The number of alkyl halides is 2. The molecule has 2 amide bonds. The Kier molecular flexibility index (Phi) is 6.57. The number of thiophene rings is 1. The number of halogens is 3. The predicted molar refractivity (Wildman–Crippen MR) is 91.5 cm³/mol. The van der Waals surface area contributed by atoms with E-state index in [0.29, 0.717) is 10.4 Å². The largest absolute Gasteiger partial charge is 0.272 e. The molecule has 0 radical (unpaired) electrons. The van der Waals surface area contributed by atoms with E-state index < -0.39 is 51.1 Å². The molecule has 0 saturated carbocycles. The molecule has 0 bridgehead atoms. The van der Waals surface area contributed by atoms with E-state index in [4.69, 9.17) is 0 Å². The van der Waals surface area contributed by atoms with Crippen LogP contribution in [0.25, 0.3) is 0 Å². The smallest absolute Gasteiger partial charge is 0.267 e. The van der Waals surface area contributed by atoms with E-state index >= 15 is 0 Å². The highest BCUT2D eigenvalue weighted by atomic mass is 32.2. The fraction of sp³-hybridized carbons (Fsp3) is 0.200. The van der Waals surface area contributed by atoms with Gasteiger partial charge >= 0.3 is 0 Å². The molecule has 0 atom stereocenters. The van der Waals surface area contributed by atoms with Gasteiger partial charge in [-0.2, -0.15) is 15.6 Å². The zero-order valence-corrected chi connectivity index (χ0v) is 15.4. The lowest BCUT2D eigenvalue weighted by molar-refractivity contribution is 0.0844. The highest BCUT2D eigenvalue weighted by Gasteiger charge is 2.26. The highest BCUT2D eigenvalue weighted by Crippen LogP contribution is 2.19. The van der Waals surface area contributed by atoms with Gasteiger partial charge in [0.05, 0.1) is 22.6 Å². The van der Waals surface area contributed by atoms with E-state index in [0.717, 1.165) is 19.2 Å². The van der Waals surface area contributed by atoms with Crippen molar-refractivity contribution < 1.29 is 31.2 Å². The summed E-state index contributed by atoms with van der Waals surface area (Å²) in [6.07, 6.45) is -2.90. The summed E-state index contributed by atoms with van der Waals surface area (Å²) >= 11 is 1.25. The Bertz CT molecular complexity index is 934. The summed E-state index contributed by atoms with van der Waals surface area (Å²) in [5.74, 6) is -2.80. The number of hydrazine groups is 1. The van der Waals surface area contributed by atoms with Crippen LogP contribution in [0, 0.1) is 5.82 Å². The quantitative estimate of drug-likeness (QED) is 0.696. The number of rotatable bonds is 6. The number of nitrogens with one attached hydrogen (secondary N) is 2. The summed E-state index contributed by atoms with van der Waals surface area (Å²) in [5.41, 5.74) is 3.62. The van der Waals surface area contributed by atoms with Crippen LogP contribution in [0.15, 0.2) is 39.9 Å². The van der Waals surface area contributed by atoms with E-state index in [9.17, 15) is 31.2 Å². The van der Waals surface area contributed by atoms with Crippen molar-refractivity contribution in [1.29, 1.82) is 0 Å². The average Bonchev–Trinajstić information content (AvgIpc) is 3.13. The van der Waals surface area contributed by atoms with Crippen molar-refractivity contribution in [2.75, 3.05) is 13.6 Å². The first-order valence-corrected chi connectivity index (χ1v) is 9.68. The van der Waals surface area contributed by atoms with Gasteiger partial charge in [0, 0.05) is 12.4 Å². The van der Waals surface area contributed by atoms with Crippen LogP contribution in [0.5, 0.6) is 0 Å². The molecule has 1 aromatic heterocycles. The number of hydrogen-bond acceptors (Lipinski definition) is 5. The van der Waals surface area contributed by atoms with Crippen LogP contribution < -0.4 is 10.9 Å². The zero-order chi connectivity index (χ0) is 20.2. The first kappa shape index (κ1) is 20.9. The molecule has 0 unspecified atom stereocenters. The summed E-state index contributed by atoms with van der Waals surface area (Å²) in [5, 5.41) is 3.16. The zero-order valence-electron chi connectivity index (χ0n) is 13.8. The molecule has 0 spiro atoms. The molecule has 7 nitrogen and oxygen atoms in total. The molecule has 146 valence electrons. The van der Waals surface area contributed by atoms with Crippen molar-refractivity contribution in [3.63, 3.8) is 0 Å². The second-order valence-corrected chi connectivity index (χ2v) is 8.06. The van der Waals surface area contributed by atoms with Crippen molar-refractivity contribution in [3.05, 3.63) is 52.0 Å². The minimum Gasteiger partial charge on any atom is -0.267 e. The summed E-state index contributed by atoms with van der Waals surface area (Å²) in [4.78, 5) is 23.3. The summed E-state index contributed by atoms with van der Waals surface area (Å²) in [6, 6.07) is 3.78. The molecular weight excluding hydrogens is 407 g/mol. The first-order chi connectivity index (χ1) is 12.6. The van der Waals surface area contributed by atoms with Crippen LogP contribution in [0.3, 0.4) is 0 Å². The molecule has 1 heterocycles. The second kappa shape index (κ2) is 8.50. The third kappa shape index (κ3) is 5.05. The Morgan fingerprint density at radius 3 is 2.44 bits per heavy atom. The molecule has 0 saturated heterocycles. The number of nitrogens with zero attached hydrogens (tertiary/aromatic N) is 1. The lowest BCUT2D eigenvalue weighted by Crippen LogP contribution is -2.42. The molecule has 12 heteroatoms. The molecule has 1 aromatic carbocycles. The van der Waals surface area contributed by atoms with Crippen molar-refractivity contribution in [3.8, 4) is 0 Å². The SMILES string of the molecule is CN(CC(F)F)S(=O)(=O)c1ccc(F)c(C(=O)NNC(=O)c2ccsc2)c1. The van der Waals surface area contributed by atoms with Gasteiger partial charge in [-0.05, 0) is 29.6 Å². The van der Waals surface area contributed by atoms with Gasteiger partial charge in [-0.1, -0.05) is 0 Å². The Labute approximate surface area is 156 Å². The lowest BCUT2D eigenvalue weighted by atomic mass is 10.2. The minimum absolute atomic E-state index is 0.269. The summed E-state index contributed by atoms with van der Waals surface area (Å²) < 4.78 is 63.7. The van der Waals surface area contributed by atoms with E-state index in [-0.39, 0.29) is 5.56 Å². The molecule has 0 fully saturated rings. The fourth-order valence-electron chi connectivity index (χ4n) is 1.96. The maximum atomic E-state index is 13.9. The molecule has 0 aliphatic carbocycles. The monoisotopic (exact) mass is 421 g/mol. The Morgan fingerprint density at radius 2 is 1.85 bits per heavy atom. The van der Waals surface area contributed by atoms with Crippen molar-refractivity contribution in [1.82, 2.24) is 15.2 Å². The lowest BCUT2D eigenvalue weighted by Gasteiger charge is -2.17. The van der Waals surface area contributed by atoms with E-state index in [1.54, 1.807) is 5.38 Å². The third-order valence-electron chi connectivity index (χ3n) is 3.36. The van der Waals surface area contributed by atoms with Crippen LogP contribution in [0.4, 0.5) is 13.2 Å². The number of carbonyl (C=O) groups excluding carboxylic acids is 2. The minimum atomic E-state index is -4.35. The number of amides is 2. The van der Waals surface area contributed by atoms with Crippen LogP contribution in [-0.2, 0) is 10.0 Å². The van der Waals surface area contributed by atoms with Crippen molar-refractivity contribution in [2.24, 2.45) is 0 Å². The van der Waals surface area contributed by atoms with Gasteiger partial charge in [0.15, 0.2) is 0 Å². The average molecular weight is 421 g/mol. The van der Waals surface area contributed by atoms with Gasteiger partial charge in [0.25, 0.3) is 18.2 Å².